The van der Waals surface area contributed by atoms with Crippen molar-refractivity contribution >= 4 is 5.78 Å². The molecule has 0 fully saturated rings. The number of nitrogens with zero attached hydrogens (tertiary/aromatic N) is 1. The fraction of sp³-hybridized carbons (Fsp3) is 0.857. The van der Waals surface area contributed by atoms with E-state index in [1.165, 1.54) is 0 Å². The lowest BCUT2D eigenvalue weighted by Gasteiger charge is -2.17. The number of ketones is 1. The third-order valence-electron chi connectivity index (χ3n) is 1.46. The first-order valence-corrected chi connectivity index (χ1v) is 3.20. The molecule has 0 aliphatic carbocycles. The third kappa shape index (κ3) is 4.15. The van der Waals surface area contributed by atoms with Crippen molar-refractivity contribution in [3.05, 3.63) is 0 Å². The van der Waals surface area contributed by atoms with Crippen LogP contribution in [-0.2, 0) is 4.79 Å². The van der Waals surface area contributed by atoms with Crippen molar-refractivity contribution in [2.45, 2.75) is 26.3 Å². The van der Waals surface area contributed by atoms with Gasteiger partial charge in [-0.2, -0.15) is 0 Å². The molecule has 0 saturated carbocycles. The van der Waals surface area contributed by atoms with E-state index in [1.54, 1.807) is 6.92 Å². The molecule has 54 valence electrons. The molecular weight excluding hydrogens is 114 g/mol. The SMILES string of the molecule is CC(=O)CC(C)N(C)C. The first-order chi connectivity index (χ1) is 4.04. The van der Waals surface area contributed by atoms with Gasteiger partial charge < -0.3 is 4.90 Å². The van der Waals surface area contributed by atoms with Gasteiger partial charge in [0.05, 0.1) is 0 Å². The first-order valence-electron chi connectivity index (χ1n) is 3.20. The monoisotopic (exact) mass is 129 g/mol. The van der Waals surface area contributed by atoms with Crippen LogP contribution < -0.4 is 0 Å². The van der Waals surface area contributed by atoms with Crippen molar-refractivity contribution in [2.24, 2.45) is 0 Å². The number of rotatable bonds is 3. The highest BCUT2D eigenvalue weighted by Crippen LogP contribution is 1.97. The van der Waals surface area contributed by atoms with Crippen molar-refractivity contribution in [1.29, 1.82) is 0 Å². The summed E-state index contributed by atoms with van der Waals surface area (Å²) in [7, 11) is 3.96. The van der Waals surface area contributed by atoms with E-state index in [9.17, 15) is 4.79 Å². The van der Waals surface area contributed by atoms with Crippen LogP contribution in [-0.4, -0.2) is 30.8 Å². The average Bonchev–Trinajstić information content (AvgIpc) is 1.63. The third-order valence-corrected chi connectivity index (χ3v) is 1.46. The topological polar surface area (TPSA) is 20.3 Å². The molecule has 2 heteroatoms. The van der Waals surface area contributed by atoms with Gasteiger partial charge in [-0.05, 0) is 27.9 Å². The predicted molar refractivity (Wildman–Crippen MR) is 38.4 cm³/mol. The van der Waals surface area contributed by atoms with E-state index in [1.807, 2.05) is 25.9 Å². The molecule has 0 spiro atoms. The number of carbonyl (C=O) groups is 1. The molecule has 0 amide bonds. The quantitative estimate of drug-likeness (QED) is 0.564. The second kappa shape index (κ2) is 3.62. The van der Waals surface area contributed by atoms with Crippen molar-refractivity contribution in [3.8, 4) is 0 Å². The molecule has 1 unspecified atom stereocenters. The summed E-state index contributed by atoms with van der Waals surface area (Å²) in [5.41, 5.74) is 0. The molecule has 1 atom stereocenters. The van der Waals surface area contributed by atoms with Crippen LogP contribution in [0.2, 0.25) is 0 Å². The second-order valence-corrected chi connectivity index (χ2v) is 2.72. The fourth-order valence-corrected chi connectivity index (χ4v) is 0.599. The lowest BCUT2D eigenvalue weighted by Crippen LogP contribution is -2.26. The smallest absolute Gasteiger partial charge is 0.131 e. The van der Waals surface area contributed by atoms with Gasteiger partial charge in [0.25, 0.3) is 0 Å². The van der Waals surface area contributed by atoms with Crippen molar-refractivity contribution < 1.29 is 4.79 Å². The van der Waals surface area contributed by atoms with Gasteiger partial charge in [0, 0.05) is 12.5 Å². The second-order valence-electron chi connectivity index (χ2n) is 2.72. The van der Waals surface area contributed by atoms with Gasteiger partial charge in [-0.15, -0.1) is 0 Å². The molecule has 0 aliphatic heterocycles. The van der Waals surface area contributed by atoms with Crippen LogP contribution in [0.5, 0.6) is 0 Å². The molecule has 0 bridgehead atoms. The van der Waals surface area contributed by atoms with Crippen molar-refractivity contribution in [1.82, 2.24) is 4.90 Å². The standard InChI is InChI=1S/C7H15NO/c1-6(8(3)4)5-7(2)9/h6H,5H2,1-4H3. The summed E-state index contributed by atoms with van der Waals surface area (Å²) in [5.74, 6) is 0.260. The maximum atomic E-state index is 10.5. The Hall–Kier alpha value is -0.370. The fourth-order valence-electron chi connectivity index (χ4n) is 0.599. The molecule has 0 saturated heterocycles. The van der Waals surface area contributed by atoms with E-state index in [2.05, 4.69) is 0 Å². The zero-order chi connectivity index (χ0) is 7.44. The normalized spacial score (nSPS) is 13.9. The van der Waals surface area contributed by atoms with Gasteiger partial charge in [0.1, 0.15) is 5.78 Å². The van der Waals surface area contributed by atoms with Gasteiger partial charge in [-0.25, -0.2) is 0 Å². The summed E-state index contributed by atoms with van der Waals surface area (Å²) in [6, 6.07) is 0.377. The molecule has 0 N–H and O–H groups in total. The summed E-state index contributed by atoms with van der Waals surface area (Å²) in [6.45, 7) is 3.67. The Morgan fingerprint density at radius 1 is 1.56 bits per heavy atom. The molecule has 0 aromatic carbocycles. The number of Topliss-reactive ketones (excluding diaryl/α,β-unsaturated/α-hetero) is 1. The highest BCUT2D eigenvalue weighted by atomic mass is 16.1. The molecular formula is C7H15NO. The molecule has 2 nitrogen and oxygen atoms in total. The van der Waals surface area contributed by atoms with Crippen LogP contribution in [0.25, 0.3) is 0 Å². The van der Waals surface area contributed by atoms with Crippen LogP contribution in [0.15, 0.2) is 0 Å². The summed E-state index contributed by atoms with van der Waals surface area (Å²) in [4.78, 5) is 12.6. The van der Waals surface area contributed by atoms with E-state index >= 15 is 0 Å². The van der Waals surface area contributed by atoms with Crippen molar-refractivity contribution in [2.75, 3.05) is 14.1 Å². The summed E-state index contributed by atoms with van der Waals surface area (Å²) in [6.07, 6.45) is 0.660. The molecule has 0 rings (SSSR count). The lowest BCUT2D eigenvalue weighted by atomic mass is 10.2. The minimum absolute atomic E-state index is 0.260. The molecule has 0 aromatic heterocycles. The Kier molecular flexibility index (Phi) is 3.47. The summed E-state index contributed by atoms with van der Waals surface area (Å²) in [5, 5.41) is 0. The minimum Gasteiger partial charge on any atom is -0.306 e. The molecule has 0 aliphatic rings. The van der Waals surface area contributed by atoms with Crippen LogP contribution >= 0.6 is 0 Å². The highest BCUT2D eigenvalue weighted by Gasteiger charge is 2.05. The maximum absolute atomic E-state index is 10.5. The molecule has 0 aromatic rings. The number of carbonyl (C=O) groups excluding carboxylic acids is 1. The Bertz CT molecular complexity index is 99.1. The summed E-state index contributed by atoms with van der Waals surface area (Å²) < 4.78 is 0. The van der Waals surface area contributed by atoms with E-state index in [-0.39, 0.29) is 5.78 Å². The van der Waals surface area contributed by atoms with Gasteiger partial charge >= 0.3 is 0 Å². The maximum Gasteiger partial charge on any atom is 0.131 e. The van der Waals surface area contributed by atoms with Crippen molar-refractivity contribution in [3.63, 3.8) is 0 Å². The first kappa shape index (κ1) is 8.63. The van der Waals surface area contributed by atoms with Crippen LogP contribution in [0, 0.1) is 0 Å². The Morgan fingerprint density at radius 2 is 2.00 bits per heavy atom. The molecule has 0 heterocycles. The van der Waals surface area contributed by atoms with Gasteiger partial charge in [-0.1, -0.05) is 0 Å². The van der Waals surface area contributed by atoms with E-state index in [0.29, 0.717) is 12.5 Å². The van der Waals surface area contributed by atoms with E-state index in [4.69, 9.17) is 0 Å². The van der Waals surface area contributed by atoms with Gasteiger partial charge in [0.2, 0.25) is 0 Å². The Balaban J connectivity index is 3.50. The Morgan fingerprint density at radius 3 is 2.11 bits per heavy atom. The molecule has 9 heavy (non-hydrogen) atoms. The minimum atomic E-state index is 0.260. The molecule has 0 radical (unpaired) electrons. The van der Waals surface area contributed by atoms with Crippen LogP contribution in [0.1, 0.15) is 20.3 Å². The van der Waals surface area contributed by atoms with Gasteiger partial charge in [0.15, 0.2) is 0 Å². The zero-order valence-electron chi connectivity index (χ0n) is 6.64. The summed E-state index contributed by atoms with van der Waals surface area (Å²) >= 11 is 0. The highest BCUT2D eigenvalue weighted by molar-refractivity contribution is 5.76. The number of hydrogen-bond donors (Lipinski definition) is 0. The average molecular weight is 129 g/mol. The number of hydrogen-bond acceptors (Lipinski definition) is 2. The predicted octanol–water partition coefficient (Wildman–Crippen LogP) is 0.916. The van der Waals surface area contributed by atoms with E-state index in [0.717, 1.165) is 0 Å². The zero-order valence-corrected chi connectivity index (χ0v) is 6.64. The van der Waals surface area contributed by atoms with E-state index < -0.39 is 0 Å². The van der Waals surface area contributed by atoms with Crippen LogP contribution in [0.4, 0.5) is 0 Å². The van der Waals surface area contributed by atoms with Gasteiger partial charge in [-0.3, -0.25) is 4.79 Å². The van der Waals surface area contributed by atoms with Crippen LogP contribution in [0.3, 0.4) is 0 Å². The Labute approximate surface area is 56.9 Å². The lowest BCUT2D eigenvalue weighted by molar-refractivity contribution is -0.117. The largest absolute Gasteiger partial charge is 0.306 e.